The second kappa shape index (κ2) is 3.89. The molecule has 0 unspecified atom stereocenters. The van der Waals surface area contributed by atoms with Crippen LogP contribution in [0.15, 0.2) is 24.4 Å². The predicted octanol–water partition coefficient (Wildman–Crippen LogP) is 0.763. The maximum atomic E-state index is 11.1. The summed E-state index contributed by atoms with van der Waals surface area (Å²) in [5.41, 5.74) is 0.0512. The molecule has 1 aliphatic heterocycles. The van der Waals surface area contributed by atoms with E-state index in [-0.39, 0.29) is 11.5 Å². The van der Waals surface area contributed by atoms with Gasteiger partial charge >= 0.3 is 5.97 Å². The molecule has 4 heteroatoms. The van der Waals surface area contributed by atoms with E-state index in [2.05, 4.69) is 6.58 Å². The molecule has 0 aromatic heterocycles. The highest BCUT2D eigenvalue weighted by atomic mass is 16.4. The highest BCUT2D eigenvalue weighted by Crippen LogP contribution is 2.11. The van der Waals surface area contributed by atoms with Gasteiger partial charge in [-0.2, -0.15) is 0 Å². The largest absolute Gasteiger partial charge is 0.478 e. The summed E-state index contributed by atoms with van der Waals surface area (Å²) in [6.45, 7) is 3.96. The summed E-state index contributed by atoms with van der Waals surface area (Å²) in [5, 5.41) is 8.64. The Kier molecular flexibility index (Phi) is 2.84. The molecule has 0 saturated carbocycles. The second-order valence-corrected chi connectivity index (χ2v) is 2.78. The van der Waals surface area contributed by atoms with Crippen LogP contribution in [-0.2, 0) is 9.59 Å². The number of aliphatic carboxylic acids is 1. The SMILES string of the molecule is C=CC(=CN1CCCC1=O)C(=O)O. The molecule has 1 aliphatic rings. The number of carboxylic acids is 1. The highest BCUT2D eigenvalue weighted by Gasteiger charge is 2.19. The first-order chi connectivity index (χ1) is 6.15. The van der Waals surface area contributed by atoms with E-state index in [0.717, 1.165) is 6.42 Å². The van der Waals surface area contributed by atoms with Crippen molar-refractivity contribution < 1.29 is 14.7 Å². The lowest BCUT2D eigenvalue weighted by molar-refractivity contribution is -0.132. The number of carbonyl (C=O) groups is 2. The van der Waals surface area contributed by atoms with Crippen LogP contribution in [0.1, 0.15) is 12.8 Å². The molecule has 0 aromatic rings. The molecule has 0 atom stereocenters. The molecule has 1 N–H and O–H groups in total. The van der Waals surface area contributed by atoms with Crippen molar-refractivity contribution in [1.82, 2.24) is 4.90 Å². The Hall–Kier alpha value is -1.58. The number of nitrogens with zero attached hydrogens (tertiary/aromatic N) is 1. The minimum atomic E-state index is -1.06. The van der Waals surface area contributed by atoms with E-state index in [1.165, 1.54) is 17.2 Å². The van der Waals surface area contributed by atoms with E-state index < -0.39 is 5.97 Å². The van der Waals surface area contributed by atoms with E-state index in [4.69, 9.17) is 5.11 Å². The molecule has 4 nitrogen and oxygen atoms in total. The van der Waals surface area contributed by atoms with E-state index in [1.54, 1.807) is 0 Å². The number of rotatable bonds is 3. The van der Waals surface area contributed by atoms with Crippen LogP contribution in [0.5, 0.6) is 0 Å². The van der Waals surface area contributed by atoms with Gasteiger partial charge in [-0.1, -0.05) is 12.7 Å². The quantitative estimate of drug-likeness (QED) is 0.516. The van der Waals surface area contributed by atoms with Crippen molar-refractivity contribution in [2.45, 2.75) is 12.8 Å². The smallest absolute Gasteiger partial charge is 0.337 e. The molecule has 0 aliphatic carbocycles. The number of hydrogen-bond donors (Lipinski definition) is 1. The maximum absolute atomic E-state index is 11.1. The first-order valence-corrected chi connectivity index (χ1v) is 4.02. The molecule has 70 valence electrons. The lowest BCUT2D eigenvalue weighted by Crippen LogP contribution is -2.19. The van der Waals surface area contributed by atoms with Gasteiger partial charge in [-0.3, -0.25) is 4.79 Å². The Morgan fingerprint density at radius 1 is 1.62 bits per heavy atom. The van der Waals surface area contributed by atoms with Crippen molar-refractivity contribution in [3.05, 3.63) is 24.4 Å². The summed E-state index contributed by atoms with van der Waals surface area (Å²) in [6.07, 6.45) is 3.86. The minimum absolute atomic E-state index is 0.0272. The topological polar surface area (TPSA) is 57.6 Å². The molecule has 1 amide bonds. The lowest BCUT2D eigenvalue weighted by atomic mass is 10.3. The average Bonchev–Trinajstić information content (AvgIpc) is 2.46. The Morgan fingerprint density at radius 2 is 2.31 bits per heavy atom. The Bertz CT molecular complexity index is 281. The van der Waals surface area contributed by atoms with Crippen LogP contribution >= 0.6 is 0 Å². The van der Waals surface area contributed by atoms with E-state index in [1.807, 2.05) is 0 Å². The summed E-state index contributed by atoms with van der Waals surface area (Å²) < 4.78 is 0. The molecule has 13 heavy (non-hydrogen) atoms. The van der Waals surface area contributed by atoms with Crippen LogP contribution in [0.2, 0.25) is 0 Å². The number of amides is 1. The van der Waals surface area contributed by atoms with Crippen LogP contribution in [0.25, 0.3) is 0 Å². The zero-order chi connectivity index (χ0) is 9.84. The van der Waals surface area contributed by atoms with Crippen molar-refractivity contribution in [3.63, 3.8) is 0 Å². The summed E-state index contributed by atoms with van der Waals surface area (Å²) in [4.78, 5) is 23.1. The third-order valence-electron chi connectivity index (χ3n) is 1.87. The minimum Gasteiger partial charge on any atom is -0.478 e. The summed E-state index contributed by atoms with van der Waals surface area (Å²) >= 11 is 0. The Labute approximate surface area is 76.2 Å². The zero-order valence-corrected chi connectivity index (χ0v) is 7.19. The fraction of sp³-hybridized carbons (Fsp3) is 0.333. The van der Waals surface area contributed by atoms with Gasteiger partial charge in [0.15, 0.2) is 0 Å². The van der Waals surface area contributed by atoms with Crippen molar-refractivity contribution in [1.29, 1.82) is 0 Å². The summed E-state index contributed by atoms with van der Waals surface area (Å²) in [6, 6.07) is 0. The van der Waals surface area contributed by atoms with Crippen molar-refractivity contribution in [3.8, 4) is 0 Å². The monoisotopic (exact) mass is 181 g/mol. The normalized spacial score (nSPS) is 17.7. The third-order valence-corrected chi connectivity index (χ3v) is 1.87. The van der Waals surface area contributed by atoms with E-state index >= 15 is 0 Å². The van der Waals surface area contributed by atoms with Crippen molar-refractivity contribution in [2.75, 3.05) is 6.54 Å². The third kappa shape index (κ3) is 2.18. The van der Waals surface area contributed by atoms with Crippen LogP contribution in [0.3, 0.4) is 0 Å². The standard InChI is InChI=1S/C9H11NO3/c1-2-7(9(12)13)6-10-5-3-4-8(10)11/h2,6H,1,3-5H2,(H,12,13). The molecular weight excluding hydrogens is 170 g/mol. The Morgan fingerprint density at radius 3 is 2.69 bits per heavy atom. The molecule has 1 fully saturated rings. The van der Waals surface area contributed by atoms with E-state index in [0.29, 0.717) is 13.0 Å². The highest BCUT2D eigenvalue weighted by molar-refractivity contribution is 5.90. The van der Waals surface area contributed by atoms with Gasteiger partial charge in [-0.05, 0) is 6.42 Å². The molecule has 0 bridgehead atoms. The number of carbonyl (C=O) groups excluding carboxylic acids is 1. The van der Waals surface area contributed by atoms with Crippen LogP contribution < -0.4 is 0 Å². The number of carboxylic acid groups (broad SMARTS) is 1. The van der Waals surface area contributed by atoms with Gasteiger partial charge in [-0.15, -0.1) is 0 Å². The summed E-state index contributed by atoms with van der Waals surface area (Å²) in [5.74, 6) is -1.09. The first kappa shape index (κ1) is 9.51. The van der Waals surface area contributed by atoms with Crippen LogP contribution in [0.4, 0.5) is 0 Å². The van der Waals surface area contributed by atoms with Gasteiger partial charge in [0.25, 0.3) is 0 Å². The molecule has 1 rings (SSSR count). The predicted molar refractivity (Wildman–Crippen MR) is 46.9 cm³/mol. The van der Waals surface area contributed by atoms with Gasteiger partial charge in [0.1, 0.15) is 0 Å². The maximum Gasteiger partial charge on any atom is 0.337 e. The molecule has 0 radical (unpaired) electrons. The fourth-order valence-electron chi connectivity index (χ4n) is 1.17. The van der Waals surface area contributed by atoms with Gasteiger partial charge in [0.05, 0.1) is 5.57 Å². The molecular formula is C9H11NO3. The van der Waals surface area contributed by atoms with E-state index in [9.17, 15) is 9.59 Å². The molecule has 1 saturated heterocycles. The average molecular weight is 181 g/mol. The number of hydrogen-bond acceptors (Lipinski definition) is 2. The number of likely N-dealkylation sites (tertiary alicyclic amines) is 1. The molecule has 0 aromatic carbocycles. The molecule has 1 heterocycles. The van der Waals surface area contributed by atoms with Gasteiger partial charge in [0, 0.05) is 19.2 Å². The fourth-order valence-corrected chi connectivity index (χ4v) is 1.17. The van der Waals surface area contributed by atoms with Gasteiger partial charge in [-0.25, -0.2) is 4.79 Å². The van der Waals surface area contributed by atoms with Crippen molar-refractivity contribution in [2.24, 2.45) is 0 Å². The molecule has 0 spiro atoms. The first-order valence-electron chi connectivity index (χ1n) is 4.02. The van der Waals surface area contributed by atoms with Crippen LogP contribution in [-0.4, -0.2) is 28.4 Å². The van der Waals surface area contributed by atoms with Crippen molar-refractivity contribution >= 4 is 11.9 Å². The lowest BCUT2D eigenvalue weighted by Gasteiger charge is -2.09. The second-order valence-electron chi connectivity index (χ2n) is 2.78. The van der Waals surface area contributed by atoms with Gasteiger partial charge < -0.3 is 10.0 Å². The zero-order valence-electron chi connectivity index (χ0n) is 7.19. The Balaban J connectivity index is 2.77. The van der Waals surface area contributed by atoms with Crippen LogP contribution in [0, 0.1) is 0 Å². The summed E-state index contributed by atoms with van der Waals surface area (Å²) in [7, 11) is 0. The van der Waals surface area contributed by atoms with Gasteiger partial charge in [0.2, 0.25) is 5.91 Å².